The van der Waals surface area contributed by atoms with Crippen LogP contribution in [0.3, 0.4) is 0 Å². The average Bonchev–Trinajstić information content (AvgIpc) is 3.38. The molecule has 1 radical (unpaired) electrons. The van der Waals surface area contributed by atoms with Crippen molar-refractivity contribution >= 4 is 28.6 Å². The number of benzene rings is 3. The number of carbonyl (C=O) groups is 3. The Bertz CT molecular complexity index is 1420. The van der Waals surface area contributed by atoms with Gasteiger partial charge in [-0.25, -0.2) is 0 Å². The zero-order valence-corrected chi connectivity index (χ0v) is 22.6. The van der Waals surface area contributed by atoms with Crippen LogP contribution in [0.5, 0.6) is 5.75 Å². The van der Waals surface area contributed by atoms with E-state index in [9.17, 15) is 14.4 Å². The predicted octanol–water partition coefficient (Wildman–Crippen LogP) is 3.85. The summed E-state index contributed by atoms with van der Waals surface area (Å²) in [5.74, 6) is -0.949. The van der Waals surface area contributed by atoms with Crippen LogP contribution in [0.4, 0.5) is 0 Å². The Hall–Kier alpha value is -4.59. The lowest BCUT2D eigenvalue weighted by Crippen LogP contribution is -2.48. The monoisotopic (exact) mass is 539 g/mol. The van der Waals surface area contributed by atoms with E-state index in [2.05, 4.69) is 15.6 Å². The van der Waals surface area contributed by atoms with Crippen LogP contribution in [0.25, 0.3) is 10.9 Å². The molecule has 2 unspecified atom stereocenters. The number of primary amides is 1. The molecule has 4 rings (SSSR count). The van der Waals surface area contributed by atoms with Gasteiger partial charge in [-0.1, -0.05) is 67.6 Å². The molecule has 0 spiro atoms. The minimum absolute atomic E-state index is 0.198. The van der Waals surface area contributed by atoms with E-state index in [4.69, 9.17) is 10.5 Å². The fourth-order valence-corrected chi connectivity index (χ4v) is 4.32. The molecule has 1 aromatic heterocycles. The Morgan fingerprint density at radius 2 is 1.68 bits per heavy atom. The van der Waals surface area contributed by atoms with Gasteiger partial charge in [-0.3, -0.25) is 14.4 Å². The zero-order valence-electron chi connectivity index (χ0n) is 22.6. The third kappa shape index (κ3) is 8.20. The maximum absolute atomic E-state index is 13.2. The molecule has 0 saturated carbocycles. The highest BCUT2D eigenvalue weighted by Gasteiger charge is 2.22. The van der Waals surface area contributed by atoms with Crippen LogP contribution in [0, 0.1) is 12.3 Å². The first-order chi connectivity index (χ1) is 19.4. The lowest BCUT2D eigenvalue weighted by molar-refractivity contribution is -0.127. The van der Waals surface area contributed by atoms with Crippen molar-refractivity contribution in [2.24, 2.45) is 11.7 Å². The number of fused-ring (bicyclic) bond motifs is 1. The van der Waals surface area contributed by atoms with Crippen molar-refractivity contribution in [3.63, 3.8) is 0 Å². The minimum atomic E-state index is -0.799. The van der Waals surface area contributed by atoms with Crippen LogP contribution >= 0.6 is 0 Å². The quantitative estimate of drug-likeness (QED) is 0.194. The Labute approximate surface area is 234 Å². The fraction of sp³-hybridized carbons (Fsp3) is 0.250. The van der Waals surface area contributed by atoms with Crippen molar-refractivity contribution in [2.75, 3.05) is 6.54 Å². The van der Waals surface area contributed by atoms with Crippen LogP contribution in [-0.2, 0) is 33.8 Å². The molecule has 40 heavy (non-hydrogen) atoms. The van der Waals surface area contributed by atoms with Crippen molar-refractivity contribution in [3.05, 3.63) is 108 Å². The zero-order chi connectivity index (χ0) is 28.3. The predicted molar refractivity (Wildman–Crippen MR) is 155 cm³/mol. The van der Waals surface area contributed by atoms with Gasteiger partial charge in [0.2, 0.25) is 17.7 Å². The Morgan fingerprint density at radius 1 is 0.950 bits per heavy atom. The molecule has 0 saturated heterocycles. The number of H-pyrrole nitrogens is 1. The largest absolute Gasteiger partial charge is 0.489 e. The Balaban J connectivity index is 1.36. The van der Waals surface area contributed by atoms with Gasteiger partial charge < -0.3 is 26.1 Å². The van der Waals surface area contributed by atoms with Crippen LogP contribution in [0.2, 0.25) is 0 Å². The lowest BCUT2D eigenvalue weighted by Gasteiger charge is -2.19. The summed E-state index contributed by atoms with van der Waals surface area (Å²) >= 11 is 0. The summed E-state index contributed by atoms with van der Waals surface area (Å²) in [6.07, 6.45) is 4.45. The molecule has 4 aromatic rings. The molecule has 1 heterocycles. The standard InChI is InChI=1S/C32H35N4O4/c1-22(31(33)38)11-16-30(37)36-29(32(39)34-18-17-25-20-35-28-10-6-5-9-27(25)28)19-23-12-14-26(15-13-23)40-21-24-7-3-2-4-8-24/h2-10,12-16,20,22,29,35H,11,17-19,21H2,1H3,(H2,33,38)(H,34,39)(H,36,37). The van der Waals surface area contributed by atoms with E-state index in [-0.39, 0.29) is 12.3 Å². The van der Waals surface area contributed by atoms with Gasteiger partial charge in [-0.2, -0.15) is 0 Å². The van der Waals surface area contributed by atoms with Crippen LogP contribution in [-0.4, -0.2) is 35.3 Å². The summed E-state index contributed by atoms with van der Waals surface area (Å²) in [6, 6.07) is 24.6. The topological polar surface area (TPSA) is 126 Å². The molecule has 0 bridgehead atoms. The normalized spacial score (nSPS) is 12.4. The van der Waals surface area contributed by atoms with E-state index in [0.29, 0.717) is 31.7 Å². The number of amides is 3. The maximum atomic E-state index is 13.2. The molecule has 0 aliphatic carbocycles. The van der Waals surface area contributed by atoms with Gasteiger partial charge in [0.1, 0.15) is 18.4 Å². The molecule has 0 fully saturated rings. The highest BCUT2D eigenvalue weighted by Crippen LogP contribution is 2.18. The second-order valence-electron chi connectivity index (χ2n) is 9.83. The molecule has 2 atom stereocenters. The third-order valence-corrected chi connectivity index (χ3v) is 6.76. The lowest BCUT2D eigenvalue weighted by atomic mass is 10.0. The van der Waals surface area contributed by atoms with Gasteiger partial charge in [0.05, 0.1) is 6.42 Å². The molecule has 0 aliphatic rings. The van der Waals surface area contributed by atoms with Gasteiger partial charge in [-0.15, -0.1) is 0 Å². The molecule has 207 valence electrons. The summed E-state index contributed by atoms with van der Waals surface area (Å²) in [7, 11) is 0. The van der Waals surface area contributed by atoms with Crippen molar-refractivity contribution < 1.29 is 19.1 Å². The first kappa shape index (κ1) is 28.4. The number of ether oxygens (including phenoxy) is 1. The highest BCUT2D eigenvalue weighted by atomic mass is 16.5. The second-order valence-corrected chi connectivity index (χ2v) is 9.83. The number of rotatable bonds is 14. The van der Waals surface area contributed by atoms with Gasteiger partial charge in [-0.05, 0) is 47.7 Å². The van der Waals surface area contributed by atoms with Gasteiger partial charge in [0, 0.05) is 36.0 Å². The molecule has 0 aliphatic heterocycles. The van der Waals surface area contributed by atoms with E-state index in [1.807, 2.05) is 85.1 Å². The van der Waals surface area contributed by atoms with Crippen LogP contribution in [0.1, 0.15) is 30.0 Å². The van der Waals surface area contributed by atoms with E-state index in [1.54, 1.807) is 6.92 Å². The molecule has 5 N–H and O–H groups in total. The first-order valence-corrected chi connectivity index (χ1v) is 13.4. The number of para-hydroxylation sites is 1. The number of hydrogen-bond donors (Lipinski definition) is 4. The van der Waals surface area contributed by atoms with Crippen molar-refractivity contribution in [2.45, 2.75) is 38.8 Å². The summed E-state index contributed by atoms with van der Waals surface area (Å²) in [5.41, 5.74) is 9.40. The number of nitrogens with one attached hydrogen (secondary N) is 3. The average molecular weight is 540 g/mol. The number of aromatic nitrogens is 1. The van der Waals surface area contributed by atoms with Crippen LogP contribution < -0.4 is 21.1 Å². The molecule has 3 amide bonds. The Kier molecular flexibility index (Phi) is 9.93. The van der Waals surface area contributed by atoms with E-state index in [0.717, 1.165) is 27.6 Å². The van der Waals surface area contributed by atoms with Gasteiger partial charge >= 0.3 is 0 Å². The number of nitrogens with two attached hydrogens (primary N) is 1. The minimum Gasteiger partial charge on any atom is -0.489 e. The molecule has 8 nitrogen and oxygen atoms in total. The van der Waals surface area contributed by atoms with Crippen LogP contribution in [0.15, 0.2) is 85.1 Å². The van der Waals surface area contributed by atoms with Gasteiger partial charge in [0.25, 0.3) is 0 Å². The number of hydrogen-bond acceptors (Lipinski definition) is 4. The summed E-state index contributed by atoms with van der Waals surface area (Å²) in [6.45, 7) is 2.53. The summed E-state index contributed by atoms with van der Waals surface area (Å²) in [5, 5.41) is 6.88. The van der Waals surface area contributed by atoms with E-state index >= 15 is 0 Å². The maximum Gasteiger partial charge on any atom is 0.242 e. The number of carbonyl (C=O) groups excluding carboxylic acids is 3. The second kappa shape index (κ2) is 14.0. The fourth-order valence-electron chi connectivity index (χ4n) is 4.32. The molecular weight excluding hydrogens is 504 g/mol. The molecular formula is C32H35N4O4. The van der Waals surface area contributed by atoms with E-state index in [1.165, 1.54) is 6.42 Å². The molecule has 3 aromatic carbocycles. The van der Waals surface area contributed by atoms with Crippen molar-refractivity contribution in [1.29, 1.82) is 0 Å². The van der Waals surface area contributed by atoms with E-state index < -0.39 is 23.8 Å². The first-order valence-electron chi connectivity index (χ1n) is 13.4. The summed E-state index contributed by atoms with van der Waals surface area (Å²) < 4.78 is 5.86. The SMILES string of the molecule is CC(C[CH]C(=O)NC(Cc1ccc(OCc2ccccc2)cc1)C(=O)NCCc1c[nH]c2ccccc12)C(N)=O. The Morgan fingerprint density at radius 3 is 2.42 bits per heavy atom. The number of aromatic amines is 1. The van der Waals surface area contributed by atoms with Gasteiger partial charge in [0.15, 0.2) is 0 Å². The van der Waals surface area contributed by atoms with Crippen molar-refractivity contribution in [3.8, 4) is 5.75 Å². The van der Waals surface area contributed by atoms with Crippen molar-refractivity contribution in [1.82, 2.24) is 15.6 Å². The highest BCUT2D eigenvalue weighted by molar-refractivity contribution is 5.92. The molecule has 8 heteroatoms. The third-order valence-electron chi connectivity index (χ3n) is 6.76. The summed E-state index contributed by atoms with van der Waals surface area (Å²) in [4.78, 5) is 40.4. The smallest absolute Gasteiger partial charge is 0.242 e.